The number of benzene rings is 2. The molecule has 1 amide bonds. The third-order valence-electron chi connectivity index (χ3n) is 4.37. The lowest BCUT2D eigenvalue weighted by atomic mass is 10.1. The Morgan fingerprint density at radius 3 is 2.16 bits per heavy atom. The van der Waals surface area contributed by atoms with Gasteiger partial charge >= 0.3 is 5.97 Å². The normalized spacial score (nSPS) is 19.5. The van der Waals surface area contributed by atoms with Crippen LogP contribution >= 0.6 is 0 Å². The summed E-state index contributed by atoms with van der Waals surface area (Å²) in [5, 5.41) is 9.07. The zero-order valence-electron chi connectivity index (χ0n) is 13.9. The van der Waals surface area contributed by atoms with Crippen LogP contribution in [0.4, 0.5) is 5.69 Å². The molecule has 3 rings (SSSR count). The van der Waals surface area contributed by atoms with Crippen molar-refractivity contribution in [2.75, 3.05) is 11.4 Å². The summed E-state index contributed by atoms with van der Waals surface area (Å²) in [6, 6.07) is 19.4. The quantitative estimate of drug-likeness (QED) is 0.879. The first-order chi connectivity index (χ1) is 12.1. The molecule has 130 valence electrons. The van der Waals surface area contributed by atoms with Crippen molar-refractivity contribution in [3.63, 3.8) is 0 Å². The van der Waals surface area contributed by atoms with Crippen molar-refractivity contribution in [1.29, 1.82) is 0 Å². The van der Waals surface area contributed by atoms with E-state index in [1.54, 1.807) is 4.90 Å². The Morgan fingerprint density at radius 2 is 1.56 bits per heavy atom. The number of carboxylic acids is 1. The van der Waals surface area contributed by atoms with Gasteiger partial charge in [0, 0.05) is 12.2 Å². The lowest BCUT2D eigenvalue weighted by molar-refractivity contribution is -0.151. The lowest BCUT2D eigenvalue weighted by Gasteiger charge is -2.25. The predicted octanol–water partition coefficient (Wildman–Crippen LogP) is 2.89. The number of amides is 1. The van der Waals surface area contributed by atoms with Gasteiger partial charge in [0.05, 0.1) is 0 Å². The fourth-order valence-electron chi connectivity index (χ4n) is 3.03. The number of para-hydroxylation sites is 1. The fourth-order valence-corrected chi connectivity index (χ4v) is 3.03. The summed E-state index contributed by atoms with van der Waals surface area (Å²) in [4.78, 5) is 25.7. The summed E-state index contributed by atoms with van der Waals surface area (Å²) >= 11 is 0. The first kappa shape index (κ1) is 17.2. The number of ether oxygens (including phenoxy) is 1. The van der Waals surface area contributed by atoms with Crippen molar-refractivity contribution in [2.45, 2.75) is 31.5 Å². The molecule has 2 aromatic rings. The Morgan fingerprint density at radius 1 is 0.960 bits per heavy atom. The number of aliphatic carboxylic acids is 1. The first-order valence-corrected chi connectivity index (χ1v) is 8.44. The molecule has 2 aromatic carbocycles. The molecular weight excluding hydrogens is 318 g/mol. The van der Waals surface area contributed by atoms with E-state index >= 15 is 0 Å². The molecule has 0 radical (unpaired) electrons. The van der Waals surface area contributed by atoms with Gasteiger partial charge < -0.3 is 14.7 Å². The van der Waals surface area contributed by atoms with E-state index in [0.29, 0.717) is 19.4 Å². The molecule has 1 fully saturated rings. The van der Waals surface area contributed by atoms with E-state index in [-0.39, 0.29) is 5.91 Å². The molecule has 2 atom stereocenters. The summed E-state index contributed by atoms with van der Waals surface area (Å²) < 4.78 is 5.45. The van der Waals surface area contributed by atoms with E-state index in [9.17, 15) is 9.59 Å². The van der Waals surface area contributed by atoms with Gasteiger partial charge in [-0.3, -0.25) is 4.79 Å². The average Bonchev–Trinajstić information content (AvgIpc) is 3.14. The number of carbonyl (C=O) groups excluding carboxylic acids is 1. The predicted molar refractivity (Wildman–Crippen MR) is 94.5 cm³/mol. The number of carboxylic acid groups (broad SMARTS) is 1. The van der Waals surface area contributed by atoms with Gasteiger partial charge in [-0.15, -0.1) is 0 Å². The zero-order chi connectivity index (χ0) is 17.6. The summed E-state index contributed by atoms with van der Waals surface area (Å²) in [5.41, 5.74) is 1.94. The topological polar surface area (TPSA) is 66.8 Å². The van der Waals surface area contributed by atoms with Gasteiger partial charge in [-0.2, -0.15) is 0 Å². The molecule has 1 aliphatic heterocycles. The smallest absolute Gasteiger partial charge is 0.332 e. The fraction of sp³-hybridized carbons (Fsp3) is 0.300. The van der Waals surface area contributed by atoms with E-state index in [4.69, 9.17) is 9.84 Å². The molecule has 0 aliphatic carbocycles. The monoisotopic (exact) mass is 339 g/mol. The molecule has 0 saturated carbocycles. The third kappa shape index (κ3) is 4.25. The SMILES string of the molecule is O=C(O)[C@H]1CC[C@@H](C(=O)N(CCc2ccccc2)c2ccccc2)O1. The minimum Gasteiger partial charge on any atom is -0.479 e. The Balaban J connectivity index is 1.74. The number of hydrogen-bond acceptors (Lipinski definition) is 3. The van der Waals surface area contributed by atoms with E-state index in [2.05, 4.69) is 0 Å². The molecule has 1 N–H and O–H groups in total. The number of anilines is 1. The highest BCUT2D eigenvalue weighted by Crippen LogP contribution is 2.24. The van der Waals surface area contributed by atoms with Crippen LogP contribution in [0, 0.1) is 0 Å². The molecule has 5 nitrogen and oxygen atoms in total. The van der Waals surface area contributed by atoms with Gasteiger partial charge in [-0.25, -0.2) is 4.79 Å². The van der Waals surface area contributed by atoms with E-state index in [1.807, 2.05) is 60.7 Å². The van der Waals surface area contributed by atoms with Gasteiger partial charge in [0.15, 0.2) is 6.10 Å². The molecule has 1 heterocycles. The molecule has 1 saturated heterocycles. The van der Waals surface area contributed by atoms with Crippen LogP contribution < -0.4 is 4.90 Å². The minimum absolute atomic E-state index is 0.175. The van der Waals surface area contributed by atoms with Crippen LogP contribution in [-0.4, -0.2) is 35.7 Å². The molecule has 1 aliphatic rings. The van der Waals surface area contributed by atoms with Crippen molar-refractivity contribution < 1.29 is 19.4 Å². The summed E-state index contributed by atoms with van der Waals surface area (Å²) in [6.45, 7) is 0.518. The third-order valence-corrected chi connectivity index (χ3v) is 4.37. The van der Waals surface area contributed by atoms with Gasteiger partial charge in [0.25, 0.3) is 5.91 Å². The second kappa shape index (κ2) is 7.94. The highest BCUT2D eigenvalue weighted by molar-refractivity contribution is 5.97. The van der Waals surface area contributed by atoms with Gasteiger partial charge in [-0.1, -0.05) is 48.5 Å². The van der Waals surface area contributed by atoms with Crippen LogP contribution in [0.15, 0.2) is 60.7 Å². The molecule has 0 unspecified atom stereocenters. The van der Waals surface area contributed by atoms with Crippen LogP contribution in [0.2, 0.25) is 0 Å². The van der Waals surface area contributed by atoms with Crippen molar-refractivity contribution in [3.8, 4) is 0 Å². The van der Waals surface area contributed by atoms with Crippen molar-refractivity contribution >= 4 is 17.6 Å². The zero-order valence-corrected chi connectivity index (χ0v) is 13.9. The highest BCUT2D eigenvalue weighted by atomic mass is 16.5. The van der Waals surface area contributed by atoms with E-state index in [0.717, 1.165) is 17.7 Å². The first-order valence-electron chi connectivity index (χ1n) is 8.44. The standard InChI is InChI=1S/C20H21NO4/c22-19(17-11-12-18(25-17)20(23)24)21(16-9-5-2-6-10-16)14-13-15-7-3-1-4-8-15/h1-10,17-18H,11-14H2,(H,23,24)/t17-,18+/m0/s1. The van der Waals surface area contributed by atoms with Gasteiger partial charge in [-0.05, 0) is 37.0 Å². The van der Waals surface area contributed by atoms with Crippen LogP contribution in [0.25, 0.3) is 0 Å². The van der Waals surface area contributed by atoms with Crippen LogP contribution in [-0.2, 0) is 20.7 Å². The van der Waals surface area contributed by atoms with Gasteiger partial charge in [0.2, 0.25) is 0 Å². The van der Waals surface area contributed by atoms with E-state index < -0.39 is 18.2 Å². The molecule has 0 spiro atoms. The summed E-state index contributed by atoms with van der Waals surface area (Å²) in [6.07, 6.45) is -0.0635. The second-order valence-electron chi connectivity index (χ2n) is 6.09. The maximum absolute atomic E-state index is 12.9. The number of hydrogen-bond donors (Lipinski definition) is 1. The largest absolute Gasteiger partial charge is 0.479 e. The minimum atomic E-state index is -1.01. The van der Waals surface area contributed by atoms with Crippen LogP contribution in [0.1, 0.15) is 18.4 Å². The van der Waals surface area contributed by atoms with Crippen molar-refractivity contribution in [3.05, 3.63) is 66.2 Å². The Labute approximate surface area is 146 Å². The van der Waals surface area contributed by atoms with Crippen LogP contribution in [0.3, 0.4) is 0 Å². The Kier molecular flexibility index (Phi) is 5.46. The molecule has 25 heavy (non-hydrogen) atoms. The lowest BCUT2D eigenvalue weighted by Crippen LogP contribution is -2.41. The van der Waals surface area contributed by atoms with Crippen LogP contribution in [0.5, 0.6) is 0 Å². The second-order valence-corrected chi connectivity index (χ2v) is 6.09. The number of nitrogens with zero attached hydrogens (tertiary/aromatic N) is 1. The Bertz CT molecular complexity index is 717. The van der Waals surface area contributed by atoms with Crippen molar-refractivity contribution in [2.24, 2.45) is 0 Å². The molecule has 0 bridgehead atoms. The maximum Gasteiger partial charge on any atom is 0.332 e. The molecular formula is C20H21NO4. The highest BCUT2D eigenvalue weighted by Gasteiger charge is 2.37. The summed E-state index contributed by atoms with van der Waals surface area (Å²) in [7, 11) is 0. The van der Waals surface area contributed by atoms with E-state index in [1.165, 1.54) is 0 Å². The number of carbonyl (C=O) groups is 2. The van der Waals surface area contributed by atoms with Crippen molar-refractivity contribution in [1.82, 2.24) is 0 Å². The maximum atomic E-state index is 12.9. The molecule has 0 aromatic heterocycles. The summed E-state index contributed by atoms with van der Waals surface area (Å²) in [5.74, 6) is -1.18. The number of rotatable bonds is 6. The van der Waals surface area contributed by atoms with Gasteiger partial charge in [0.1, 0.15) is 6.10 Å². The Hall–Kier alpha value is -2.66. The average molecular weight is 339 g/mol. The molecule has 5 heteroatoms.